The lowest BCUT2D eigenvalue weighted by Crippen LogP contribution is -2.37. The summed E-state index contributed by atoms with van der Waals surface area (Å²) in [6.45, 7) is 2.94. The fourth-order valence-corrected chi connectivity index (χ4v) is 0.914. The Morgan fingerprint density at radius 1 is 1.77 bits per heavy atom. The van der Waals surface area contributed by atoms with Crippen LogP contribution in [0.25, 0.3) is 0 Å². The molecule has 0 spiro atoms. The summed E-state index contributed by atoms with van der Waals surface area (Å²) in [5, 5.41) is 21.5. The van der Waals surface area contributed by atoms with Gasteiger partial charge in [-0.25, -0.2) is 4.79 Å². The maximum absolute atomic E-state index is 10.5. The van der Waals surface area contributed by atoms with E-state index >= 15 is 0 Å². The fourth-order valence-electron chi connectivity index (χ4n) is 0.914. The summed E-state index contributed by atoms with van der Waals surface area (Å²) in [6.07, 6.45) is -0.0802. The first-order valence-corrected chi connectivity index (χ1v) is 3.80. The average Bonchev–Trinajstić information content (AvgIpc) is 2.34. The average molecular weight is 185 g/mol. The highest BCUT2D eigenvalue weighted by Gasteiger charge is 2.31. The molecule has 5 nitrogen and oxygen atoms in total. The van der Waals surface area contributed by atoms with Crippen molar-refractivity contribution in [3.8, 4) is 0 Å². The van der Waals surface area contributed by atoms with E-state index in [1.807, 2.05) is 0 Å². The van der Waals surface area contributed by atoms with Crippen molar-refractivity contribution in [2.24, 2.45) is 0 Å². The zero-order valence-electron chi connectivity index (χ0n) is 7.44. The van der Waals surface area contributed by atoms with Gasteiger partial charge in [0.05, 0.1) is 5.69 Å². The molecule has 0 bridgehead atoms. The van der Waals surface area contributed by atoms with Crippen LogP contribution in [0.2, 0.25) is 0 Å². The maximum Gasteiger partial charge on any atom is 0.335 e. The molecular formula is C8H11NO4. The molecule has 0 saturated carbocycles. The Morgan fingerprint density at radius 3 is 2.77 bits per heavy atom. The number of hydrogen-bond donors (Lipinski definition) is 2. The summed E-state index contributed by atoms with van der Waals surface area (Å²) in [7, 11) is 0. The summed E-state index contributed by atoms with van der Waals surface area (Å²) < 4.78 is 4.78. The van der Waals surface area contributed by atoms with Gasteiger partial charge < -0.3 is 14.7 Å². The maximum atomic E-state index is 10.5. The van der Waals surface area contributed by atoms with Crippen molar-refractivity contribution < 1.29 is 19.5 Å². The molecule has 1 rings (SSSR count). The van der Waals surface area contributed by atoms with Crippen molar-refractivity contribution in [2.45, 2.75) is 25.9 Å². The van der Waals surface area contributed by atoms with Gasteiger partial charge in [0, 0.05) is 12.5 Å². The van der Waals surface area contributed by atoms with Gasteiger partial charge in [-0.3, -0.25) is 0 Å². The first-order chi connectivity index (χ1) is 5.92. The Kier molecular flexibility index (Phi) is 2.38. The molecule has 0 radical (unpaired) electrons. The molecule has 0 aliphatic rings. The summed E-state index contributed by atoms with van der Waals surface area (Å²) in [5.41, 5.74) is -1.14. The smallest absolute Gasteiger partial charge is 0.335 e. The molecular weight excluding hydrogens is 174 g/mol. The third-order valence-corrected chi connectivity index (χ3v) is 1.66. The van der Waals surface area contributed by atoms with E-state index in [1.165, 1.54) is 6.92 Å². The largest absolute Gasteiger partial charge is 0.479 e. The zero-order chi connectivity index (χ0) is 10.1. The van der Waals surface area contributed by atoms with Crippen LogP contribution in [0.4, 0.5) is 0 Å². The van der Waals surface area contributed by atoms with Crippen LogP contribution in [-0.2, 0) is 11.2 Å². The van der Waals surface area contributed by atoms with Gasteiger partial charge in [-0.1, -0.05) is 5.16 Å². The molecule has 2 N–H and O–H groups in total. The molecule has 1 aromatic heterocycles. The predicted molar refractivity (Wildman–Crippen MR) is 43.2 cm³/mol. The van der Waals surface area contributed by atoms with E-state index in [1.54, 1.807) is 13.0 Å². The number of hydrogen-bond acceptors (Lipinski definition) is 4. The molecule has 1 atom stereocenters. The van der Waals surface area contributed by atoms with E-state index in [-0.39, 0.29) is 6.42 Å². The molecule has 72 valence electrons. The Bertz CT molecular complexity index is 316. The van der Waals surface area contributed by atoms with E-state index in [2.05, 4.69) is 5.16 Å². The lowest BCUT2D eigenvalue weighted by molar-refractivity contribution is -0.156. The van der Waals surface area contributed by atoms with E-state index in [0.29, 0.717) is 11.5 Å². The van der Waals surface area contributed by atoms with Crippen LogP contribution in [0, 0.1) is 6.92 Å². The second-order valence-corrected chi connectivity index (χ2v) is 3.19. The highest BCUT2D eigenvalue weighted by Crippen LogP contribution is 2.13. The van der Waals surface area contributed by atoms with Crippen LogP contribution in [0.15, 0.2) is 10.6 Å². The number of aliphatic hydroxyl groups is 1. The lowest BCUT2D eigenvalue weighted by Gasteiger charge is -2.14. The molecule has 5 heteroatoms. The van der Waals surface area contributed by atoms with Gasteiger partial charge in [0.2, 0.25) is 0 Å². The highest BCUT2D eigenvalue weighted by molar-refractivity contribution is 5.76. The van der Waals surface area contributed by atoms with Crippen molar-refractivity contribution in [3.05, 3.63) is 17.5 Å². The number of aryl methyl sites for hydroxylation is 1. The molecule has 0 amide bonds. The topological polar surface area (TPSA) is 83.6 Å². The van der Waals surface area contributed by atoms with Crippen molar-refractivity contribution >= 4 is 5.97 Å². The van der Waals surface area contributed by atoms with Crippen LogP contribution in [0.1, 0.15) is 18.4 Å². The number of rotatable bonds is 3. The zero-order valence-corrected chi connectivity index (χ0v) is 7.44. The Labute approximate surface area is 75.0 Å². The van der Waals surface area contributed by atoms with E-state index in [4.69, 9.17) is 9.63 Å². The fraction of sp³-hybridized carbons (Fsp3) is 0.500. The first kappa shape index (κ1) is 9.73. The van der Waals surface area contributed by atoms with Crippen LogP contribution >= 0.6 is 0 Å². The SMILES string of the molecule is Cc1cc(CC(C)(O)C(=O)O)on1. The molecule has 1 aromatic rings. The first-order valence-electron chi connectivity index (χ1n) is 3.80. The molecule has 1 unspecified atom stereocenters. The molecule has 1 heterocycles. The van der Waals surface area contributed by atoms with Crippen LogP contribution in [-0.4, -0.2) is 26.9 Å². The minimum atomic E-state index is -1.80. The van der Waals surface area contributed by atoms with Gasteiger partial charge in [0.25, 0.3) is 0 Å². The number of aliphatic carboxylic acids is 1. The van der Waals surface area contributed by atoms with Crippen LogP contribution in [0.5, 0.6) is 0 Å². The number of carbonyl (C=O) groups is 1. The predicted octanol–water partition coefficient (Wildman–Crippen LogP) is 0.361. The minimum absolute atomic E-state index is 0.0802. The molecule has 0 aliphatic heterocycles. The number of carboxylic acid groups (broad SMARTS) is 1. The van der Waals surface area contributed by atoms with Crippen LogP contribution in [0.3, 0.4) is 0 Å². The minimum Gasteiger partial charge on any atom is -0.479 e. The summed E-state index contributed by atoms with van der Waals surface area (Å²) in [6, 6.07) is 1.59. The summed E-state index contributed by atoms with van der Waals surface area (Å²) in [4.78, 5) is 10.5. The highest BCUT2D eigenvalue weighted by atomic mass is 16.5. The third kappa shape index (κ3) is 2.29. The number of aromatic nitrogens is 1. The van der Waals surface area contributed by atoms with Gasteiger partial charge in [0.1, 0.15) is 5.76 Å². The van der Waals surface area contributed by atoms with Gasteiger partial charge in [0.15, 0.2) is 5.60 Å². The second-order valence-electron chi connectivity index (χ2n) is 3.19. The second kappa shape index (κ2) is 3.18. The summed E-state index contributed by atoms with van der Waals surface area (Å²) in [5.74, 6) is -0.911. The van der Waals surface area contributed by atoms with Crippen molar-refractivity contribution in [2.75, 3.05) is 0 Å². The molecule has 13 heavy (non-hydrogen) atoms. The van der Waals surface area contributed by atoms with Crippen molar-refractivity contribution in [1.82, 2.24) is 5.16 Å². The van der Waals surface area contributed by atoms with Crippen molar-refractivity contribution in [1.29, 1.82) is 0 Å². The van der Waals surface area contributed by atoms with Gasteiger partial charge in [-0.2, -0.15) is 0 Å². The Hall–Kier alpha value is -1.36. The number of carboxylic acids is 1. The summed E-state index contributed by atoms with van der Waals surface area (Å²) >= 11 is 0. The Morgan fingerprint density at radius 2 is 2.38 bits per heavy atom. The molecule has 0 saturated heterocycles. The normalized spacial score (nSPS) is 15.3. The van der Waals surface area contributed by atoms with Gasteiger partial charge >= 0.3 is 5.97 Å². The van der Waals surface area contributed by atoms with Gasteiger partial charge in [-0.15, -0.1) is 0 Å². The van der Waals surface area contributed by atoms with Crippen LogP contribution < -0.4 is 0 Å². The monoisotopic (exact) mass is 185 g/mol. The standard InChI is InChI=1S/C8H11NO4/c1-5-3-6(13-9-5)4-8(2,12)7(10)11/h3,12H,4H2,1-2H3,(H,10,11). The van der Waals surface area contributed by atoms with E-state index < -0.39 is 11.6 Å². The Balaban J connectivity index is 2.74. The van der Waals surface area contributed by atoms with E-state index in [0.717, 1.165) is 0 Å². The molecule has 0 aromatic carbocycles. The molecule has 0 fully saturated rings. The third-order valence-electron chi connectivity index (χ3n) is 1.66. The van der Waals surface area contributed by atoms with Gasteiger partial charge in [-0.05, 0) is 13.8 Å². The van der Waals surface area contributed by atoms with Crippen molar-refractivity contribution in [3.63, 3.8) is 0 Å². The molecule has 0 aliphatic carbocycles. The van der Waals surface area contributed by atoms with E-state index in [9.17, 15) is 9.90 Å². The lowest BCUT2D eigenvalue weighted by atomic mass is 10.0. The number of nitrogens with zero attached hydrogens (tertiary/aromatic N) is 1. The quantitative estimate of drug-likeness (QED) is 0.710.